The van der Waals surface area contributed by atoms with Crippen molar-refractivity contribution in [3.05, 3.63) is 84.1 Å². The van der Waals surface area contributed by atoms with Crippen LogP contribution in [0.4, 0.5) is 13.2 Å². The van der Waals surface area contributed by atoms with Crippen molar-refractivity contribution in [3.8, 4) is 5.75 Å². The quantitative estimate of drug-likeness (QED) is 0.0101. The minimum atomic E-state index is -5.08. The Morgan fingerprint density at radius 1 is 0.779 bits per heavy atom. The number of carbonyl (C=O) groups is 11. The number of fused-ring (bicyclic) bond motifs is 1. The average molecular weight is 1210 g/mol. The maximum Gasteiger partial charge on any atom is 0.490 e. The van der Waals surface area contributed by atoms with Crippen molar-refractivity contribution >= 4 is 82.4 Å². The molecule has 0 aliphatic carbocycles. The molecule has 86 heavy (non-hydrogen) atoms. The second-order valence-electron chi connectivity index (χ2n) is 20.1. The van der Waals surface area contributed by atoms with Gasteiger partial charge in [0.25, 0.3) is 0 Å². The summed E-state index contributed by atoms with van der Waals surface area (Å²) in [6, 6.07) is 3.68. The number of carboxylic acid groups (broad SMARTS) is 1. The Morgan fingerprint density at radius 2 is 1.40 bits per heavy atom. The van der Waals surface area contributed by atoms with E-state index in [2.05, 4.69) is 62.5 Å². The molecule has 0 radical (unpaired) electrons. The minimum Gasteiger partial charge on any atom is -0.508 e. The molecule has 3 heterocycles. The van der Waals surface area contributed by atoms with Gasteiger partial charge in [0.2, 0.25) is 59.6 Å². The number of rotatable bonds is 31. The molecule has 468 valence electrons. The van der Waals surface area contributed by atoms with Crippen LogP contribution in [0.15, 0.2) is 72.2 Å². The van der Waals surface area contributed by atoms with Crippen LogP contribution in [0.5, 0.6) is 5.75 Å². The monoisotopic (exact) mass is 1210 g/mol. The lowest BCUT2D eigenvalue weighted by Crippen LogP contribution is -2.60. The number of hydrogen-bond donors (Lipinski definition) is 16. The summed E-state index contributed by atoms with van der Waals surface area (Å²) in [4.78, 5) is 158. The number of nitrogens with two attached hydrogens (primary N) is 3. The molecule has 19 N–H and O–H groups in total. The van der Waals surface area contributed by atoms with E-state index >= 15 is 0 Å². The van der Waals surface area contributed by atoms with Gasteiger partial charge in [-0.15, -0.1) is 0 Å². The number of aromatic nitrogens is 3. The molecule has 1 saturated heterocycles. The van der Waals surface area contributed by atoms with Crippen LogP contribution in [-0.4, -0.2) is 188 Å². The summed E-state index contributed by atoms with van der Waals surface area (Å²) in [6.45, 7) is 1.70. The van der Waals surface area contributed by atoms with Crippen LogP contribution in [0.25, 0.3) is 10.9 Å². The van der Waals surface area contributed by atoms with Crippen molar-refractivity contribution in [3.63, 3.8) is 0 Å². The van der Waals surface area contributed by atoms with E-state index in [0.29, 0.717) is 29.7 Å². The first-order chi connectivity index (χ1) is 40.7. The molecule has 7 atom stereocenters. The van der Waals surface area contributed by atoms with Gasteiger partial charge in [-0.25, -0.2) is 9.78 Å². The fourth-order valence-electron chi connectivity index (χ4n) is 8.81. The molecule has 0 saturated carbocycles. The topological polar surface area (TPSA) is 483 Å². The van der Waals surface area contributed by atoms with Gasteiger partial charge in [0.05, 0.1) is 26.0 Å². The van der Waals surface area contributed by atoms with Crippen LogP contribution in [0.3, 0.4) is 0 Å². The Balaban J connectivity index is 0.00000212. The van der Waals surface area contributed by atoms with Gasteiger partial charge in [-0.05, 0) is 67.3 Å². The van der Waals surface area contributed by atoms with Crippen LogP contribution in [0, 0.1) is 5.92 Å². The van der Waals surface area contributed by atoms with Gasteiger partial charge in [0.15, 0.2) is 5.96 Å². The van der Waals surface area contributed by atoms with E-state index in [0.717, 1.165) is 10.9 Å². The number of benzene rings is 2. The molecule has 1 aliphatic rings. The summed E-state index contributed by atoms with van der Waals surface area (Å²) in [6.07, 6.45) is 0.442. The normalized spacial score (nSPS) is 14.9. The van der Waals surface area contributed by atoms with E-state index < -0.39 is 127 Å². The van der Waals surface area contributed by atoms with E-state index in [1.165, 1.54) is 41.7 Å². The van der Waals surface area contributed by atoms with Gasteiger partial charge in [-0.3, -0.25) is 52.9 Å². The second-order valence-corrected chi connectivity index (χ2v) is 20.1. The highest BCUT2D eigenvalue weighted by atomic mass is 19.4. The highest BCUT2D eigenvalue weighted by Crippen LogP contribution is 2.22. The third kappa shape index (κ3) is 22.4. The SMILES string of the molecule is CC(C)C[C@H](NC(=O)CNC(=O)[C@H](Cc1ccc(O)cc1)NC(=O)[C@H](CO)NC(=O)[C@H](Cc1c[nH]c2ccccc12)NC(=O)[C@H](Cc1cnc[nH]1)NC=O)C(=O)N[C@@H](CCCN=C(N)N)C(=O)N1CCC[C@H]1C(=O)NCC(N)=O.O=C(O)C(F)(F)F. The lowest BCUT2D eigenvalue weighted by atomic mass is 10.0. The lowest BCUT2D eigenvalue weighted by Gasteiger charge is -2.30. The van der Waals surface area contributed by atoms with Crippen molar-refractivity contribution in [1.29, 1.82) is 0 Å². The van der Waals surface area contributed by atoms with Crippen molar-refractivity contribution in [1.82, 2.24) is 62.4 Å². The number of nitrogens with one attached hydrogen (secondary N) is 10. The number of aliphatic carboxylic acids is 1. The predicted molar refractivity (Wildman–Crippen MR) is 299 cm³/mol. The number of H-pyrrole nitrogens is 2. The molecule has 1 aliphatic heterocycles. The van der Waals surface area contributed by atoms with Crippen LogP contribution >= 0.6 is 0 Å². The molecule has 0 unspecified atom stereocenters. The molecule has 10 amide bonds. The number of aliphatic hydroxyl groups is 1. The van der Waals surface area contributed by atoms with Gasteiger partial charge in [-0.1, -0.05) is 44.2 Å². The number of imidazole rings is 1. The number of aliphatic imine (C=N–C) groups is 1. The van der Waals surface area contributed by atoms with E-state index in [9.17, 15) is 71.3 Å². The molecule has 2 aromatic carbocycles. The largest absolute Gasteiger partial charge is 0.508 e. The zero-order valence-electron chi connectivity index (χ0n) is 46.8. The van der Waals surface area contributed by atoms with Crippen LogP contribution < -0.4 is 59.7 Å². The Hall–Kier alpha value is -9.82. The molecule has 1 fully saturated rings. The first-order valence-corrected chi connectivity index (χ1v) is 26.8. The summed E-state index contributed by atoms with van der Waals surface area (Å²) < 4.78 is 31.7. The Morgan fingerprint density at radius 3 is 2.00 bits per heavy atom. The number of primary amides is 1. The number of aromatic hydroxyl groups is 1. The van der Waals surface area contributed by atoms with E-state index in [1.807, 2.05) is 6.07 Å². The molecule has 0 bridgehead atoms. The maximum atomic E-state index is 14.2. The zero-order valence-corrected chi connectivity index (χ0v) is 46.8. The molecular formula is C53H71F3N16O14. The lowest BCUT2D eigenvalue weighted by molar-refractivity contribution is -0.192. The second kappa shape index (κ2) is 33.5. The van der Waals surface area contributed by atoms with E-state index in [4.69, 9.17) is 27.1 Å². The number of para-hydroxylation sites is 1. The zero-order chi connectivity index (χ0) is 63.7. The number of nitrogens with zero attached hydrogens (tertiary/aromatic N) is 3. The molecule has 4 aromatic rings. The number of carboxylic acids is 1. The Bertz CT molecular complexity index is 3010. The van der Waals surface area contributed by atoms with Crippen LogP contribution in [0.1, 0.15) is 62.8 Å². The van der Waals surface area contributed by atoms with Crippen LogP contribution in [-0.2, 0) is 72.0 Å². The highest BCUT2D eigenvalue weighted by molar-refractivity contribution is 5.98. The standard InChI is InChI=1S/C51H70N16O12.C2HF3O2/c1-28(2)17-37(46(75)63-35(9-5-15-56-51(53)54)50(79)67-16-6-10-41(67)49(78)58-23-42(52)71)62-43(72)24-59-44(73)38(18-29-11-13-32(70)14-12-29)64-48(77)40(25-68)66-47(76)39(19-30-21-57-34-8-4-3-7-33(30)34)65-45(74)36(61-27-69)20-31-22-55-26-60-31;3-2(4,5)1(6)7/h3-4,7-8,11-14,21-22,26-28,35-41,57,68,70H,5-6,9-10,15-20,23-25H2,1-2H3,(H2,52,71)(H,55,60)(H,58,78)(H,59,73)(H,61,69)(H,62,72)(H,63,75)(H,64,77)(H,65,74)(H,66,76)(H4,53,54,56);(H,6,7)/t35-,36-,37-,38-,39-,40-,41-;/m0./s1. The number of aliphatic hydroxyl groups excluding tert-OH is 1. The number of alkyl halides is 3. The summed E-state index contributed by atoms with van der Waals surface area (Å²) in [5.41, 5.74) is 18.4. The smallest absolute Gasteiger partial charge is 0.490 e. The Labute approximate surface area is 489 Å². The first-order valence-electron chi connectivity index (χ1n) is 26.8. The summed E-state index contributed by atoms with van der Waals surface area (Å²) in [7, 11) is 0. The molecule has 2 aromatic heterocycles. The number of guanidine groups is 1. The Kier molecular flexibility index (Phi) is 26.7. The van der Waals surface area contributed by atoms with E-state index in [-0.39, 0.29) is 75.7 Å². The number of phenolic OH excluding ortho intramolecular Hbond substituents is 1. The summed E-state index contributed by atoms with van der Waals surface area (Å²) >= 11 is 0. The van der Waals surface area contributed by atoms with Gasteiger partial charge in [0.1, 0.15) is 48.0 Å². The first kappa shape index (κ1) is 68.7. The third-order valence-electron chi connectivity index (χ3n) is 13.0. The number of aromatic amines is 2. The maximum absolute atomic E-state index is 14.2. The molecule has 0 spiro atoms. The third-order valence-corrected chi connectivity index (χ3v) is 13.0. The number of phenols is 1. The average Bonchev–Trinajstić information content (AvgIpc) is 3.99. The number of halogens is 3. The fourth-order valence-corrected chi connectivity index (χ4v) is 8.81. The van der Waals surface area contributed by atoms with E-state index in [1.54, 1.807) is 38.2 Å². The molecule has 5 rings (SSSR count). The number of carbonyl (C=O) groups excluding carboxylic acids is 10. The summed E-state index contributed by atoms with van der Waals surface area (Å²) in [5.74, 6) is -10.4. The van der Waals surface area contributed by atoms with Gasteiger partial charge in [0, 0.05) is 61.3 Å². The van der Waals surface area contributed by atoms with Crippen molar-refractivity contribution in [2.75, 3.05) is 32.8 Å². The molecule has 33 heteroatoms. The van der Waals surface area contributed by atoms with Gasteiger partial charge < -0.3 is 89.9 Å². The fraction of sp³-hybridized carbons (Fsp3) is 0.453. The van der Waals surface area contributed by atoms with Crippen molar-refractivity contribution in [2.24, 2.45) is 28.1 Å². The van der Waals surface area contributed by atoms with Crippen LogP contribution in [0.2, 0.25) is 0 Å². The number of amides is 10. The van der Waals surface area contributed by atoms with Gasteiger partial charge in [-0.2, -0.15) is 13.2 Å². The minimum absolute atomic E-state index is 0.0219. The molecule has 30 nitrogen and oxygen atoms in total. The number of likely N-dealkylation sites (tertiary alicyclic amines) is 1. The highest BCUT2D eigenvalue weighted by Gasteiger charge is 2.40. The van der Waals surface area contributed by atoms with Crippen molar-refractivity contribution < 1.29 is 81.2 Å². The molecular weight excluding hydrogens is 1140 g/mol. The predicted octanol–water partition coefficient (Wildman–Crippen LogP) is -3.40. The summed E-state index contributed by atoms with van der Waals surface area (Å²) in [5, 5.41) is 48.6. The number of hydrogen-bond acceptors (Lipinski definition) is 15. The van der Waals surface area contributed by atoms with Crippen molar-refractivity contribution in [2.45, 2.75) is 114 Å². The van der Waals surface area contributed by atoms with Gasteiger partial charge >= 0.3 is 12.1 Å².